The smallest absolute Gasteiger partial charge is 0.169 e. The first-order valence-electron chi connectivity index (χ1n) is 7.37. The van der Waals surface area contributed by atoms with E-state index in [1.807, 2.05) is 0 Å². The zero-order valence-electron chi connectivity index (χ0n) is 11.1. The molecule has 1 saturated carbocycles. The van der Waals surface area contributed by atoms with Crippen LogP contribution in [0.1, 0.15) is 58.3 Å². The molecule has 17 heavy (non-hydrogen) atoms. The first kappa shape index (κ1) is 13.1. The quantitative estimate of drug-likeness (QED) is 0.612. The summed E-state index contributed by atoms with van der Waals surface area (Å²) < 4.78 is 0. The van der Waals surface area contributed by atoms with Crippen LogP contribution in [0.2, 0.25) is 0 Å². The highest BCUT2D eigenvalue weighted by atomic mass is 32.1. The summed E-state index contributed by atoms with van der Waals surface area (Å²) in [5.41, 5.74) is 0. The van der Waals surface area contributed by atoms with Crippen LogP contribution in [0.3, 0.4) is 0 Å². The normalized spacial score (nSPS) is 25.5. The summed E-state index contributed by atoms with van der Waals surface area (Å²) in [6.45, 7) is 4.45. The Morgan fingerprint density at radius 2 is 2.00 bits per heavy atom. The van der Waals surface area contributed by atoms with Gasteiger partial charge in [-0.15, -0.1) is 0 Å². The van der Waals surface area contributed by atoms with E-state index in [9.17, 15) is 0 Å². The summed E-state index contributed by atoms with van der Waals surface area (Å²) in [5.74, 6) is 0.920. The van der Waals surface area contributed by atoms with Crippen molar-refractivity contribution >= 4 is 17.3 Å². The van der Waals surface area contributed by atoms with E-state index in [4.69, 9.17) is 12.2 Å². The number of hydrogen-bond donors (Lipinski definition) is 1. The molecular formula is C14H26N2S. The molecule has 2 nitrogen and oxygen atoms in total. The lowest BCUT2D eigenvalue weighted by Crippen LogP contribution is -2.45. The van der Waals surface area contributed by atoms with Gasteiger partial charge in [0.1, 0.15) is 0 Å². The van der Waals surface area contributed by atoms with Crippen LogP contribution >= 0.6 is 12.2 Å². The SMILES string of the molecule is CCCCNC(=S)N1CCCC1C1CCCC1. The fraction of sp³-hybridized carbons (Fsp3) is 0.929. The molecule has 1 unspecified atom stereocenters. The maximum atomic E-state index is 5.55. The first-order valence-corrected chi connectivity index (χ1v) is 7.78. The minimum atomic E-state index is 0.749. The van der Waals surface area contributed by atoms with Crippen molar-refractivity contribution in [2.45, 2.75) is 64.3 Å². The third-order valence-corrected chi connectivity index (χ3v) is 4.69. The van der Waals surface area contributed by atoms with Gasteiger partial charge < -0.3 is 10.2 Å². The molecule has 1 aliphatic heterocycles. The summed E-state index contributed by atoms with van der Waals surface area (Å²) >= 11 is 5.55. The van der Waals surface area contributed by atoms with Gasteiger partial charge in [-0.1, -0.05) is 26.2 Å². The maximum Gasteiger partial charge on any atom is 0.169 e. The van der Waals surface area contributed by atoms with Gasteiger partial charge in [0, 0.05) is 19.1 Å². The second-order valence-electron chi connectivity index (χ2n) is 5.53. The molecule has 1 atom stereocenters. The van der Waals surface area contributed by atoms with Gasteiger partial charge in [0.25, 0.3) is 0 Å². The number of nitrogens with one attached hydrogen (secondary N) is 1. The van der Waals surface area contributed by atoms with E-state index in [0.717, 1.165) is 23.6 Å². The molecule has 0 aromatic carbocycles. The molecule has 2 fully saturated rings. The Balaban J connectivity index is 1.83. The first-order chi connectivity index (χ1) is 8.33. The fourth-order valence-corrected chi connectivity index (χ4v) is 3.68. The highest BCUT2D eigenvalue weighted by Crippen LogP contribution is 2.35. The molecular weight excluding hydrogens is 228 g/mol. The van der Waals surface area contributed by atoms with Crippen LogP contribution in [-0.2, 0) is 0 Å². The molecule has 98 valence electrons. The van der Waals surface area contributed by atoms with E-state index >= 15 is 0 Å². The summed E-state index contributed by atoms with van der Waals surface area (Å²) in [7, 11) is 0. The second-order valence-corrected chi connectivity index (χ2v) is 5.92. The number of hydrogen-bond acceptors (Lipinski definition) is 1. The van der Waals surface area contributed by atoms with E-state index in [1.54, 1.807) is 0 Å². The molecule has 0 spiro atoms. The van der Waals surface area contributed by atoms with E-state index in [-0.39, 0.29) is 0 Å². The highest BCUT2D eigenvalue weighted by Gasteiger charge is 2.34. The molecule has 0 bridgehead atoms. The summed E-state index contributed by atoms with van der Waals surface area (Å²) in [6, 6.07) is 0.749. The van der Waals surface area contributed by atoms with Gasteiger partial charge in [0.15, 0.2) is 5.11 Å². The third-order valence-electron chi connectivity index (χ3n) is 4.31. The molecule has 2 rings (SSSR count). The highest BCUT2D eigenvalue weighted by molar-refractivity contribution is 7.80. The number of rotatable bonds is 4. The lowest BCUT2D eigenvalue weighted by atomic mass is 9.96. The Hall–Kier alpha value is -0.310. The molecule has 1 N–H and O–H groups in total. The van der Waals surface area contributed by atoms with Crippen molar-refractivity contribution < 1.29 is 0 Å². The average molecular weight is 254 g/mol. The van der Waals surface area contributed by atoms with Crippen LogP contribution < -0.4 is 5.32 Å². The van der Waals surface area contributed by atoms with Gasteiger partial charge in [-0.2, -0.15) is 0 Å². The number of unbranched alkanes of at least 4 members (excludes halogenated alkanes) is 1. The second kappa shape index (κ2) is 6.58. The molecule has 0 aromatic heterocycles. The molecule has 1 saturated heterocycles. The van der Waals surface area contributed by atoms with Crippen LogP contribution in [-0.4, -0.2) is 29.1 Å². The maximum absolute atomic E-state index is 5.55. The molecule has 3 heteroatoms. The van der Waals surface area contributed by atoms with E-state index in [2.05, 4.69) is 17.1 Å². The Morgan fingerprint density at radius 3 is 2.71 bits per heavy atom. The van der Waals surface area contributed by atoms with Crippen molar-refractivity contribution in [3.05, 3.63) is 0 Å². The van der Waals surface area contributed by atoms with Gasteiger partial charge in [-0.05, 0) is 50.2 Å². The summed E-state index contributed by atoms with van der Waals surface area (Å²) in [4.78, 5) is 2.49. The minimum absolute atomic E-state index is 0.749. The van der Waals surface area contributed by atoms with Crippen LogP contribution in [0.4, 0.5) is 0 Å². The van der Waals surface area contributed by atoms with Crippen LogP contribution in [0, 0.1) is 5.92 Å². The van der Waals surface area contributed by atoms with Crippen molar-refractivity contribution in [2.75, 3.05) is 13.1 Å². The number of nitrogens with zero attached hydrogens (tertiary/aromatic N) is 1. The predicted molar refractivity (Wildman–Crippen MR) is 77.2 cm³/mol. The van der Waals surface area contributed by atoms with Crippen LogP contribution in [0.25, 0.3) is 0 Å². The Kier molecular flexibility index (Phi) is 5.08. The molecule has 0 amide bonds. The van der Waals surface area contributed by atoms with Gasteiger partial charge in [-0.25, -0.2) is 0 Å². The Morgan fingerprint density at radius 1 is 1.24 bits per heavy atom. The van der Waals surface area contributed by atoms with Crippen molar-refractivity contribution in [3.63, 3.8) is 0 Å². The third kappa shape index (κ3) is 3.34. The van der Waals surface area contributed by atoms with Gasteiger partial charge in [0.2, 0.25) is 0 Å². The molecule has 0 aromatic rings. The largest absolute Gasteiger partial charge is 0.363 e. The molecule has 1 aliphatic carbocycles. The van der Waals surface area contributed by atoms with E-state index in [0.29, 0.717) is 0 Å². The minimum Gasteiger partial charge on any atom is -0.363 e. The van der Waals surface area contributed by atoms with Gasteiger partial charge in [0.05, 0.1) is 0 Å². The average Bonchev–Trinajstić information content (AvgIpc) is 2.99. The van der Waals surface area contributed by atoms with Crippen molar-refractivity contribution in [1.29, 1.82) is 0 Å². The number of thiocarbonyl (C=S) groups is 1. The van der Waals surface area contributed by atoms with Gasteiger partial charge >= 0.3 is 0 Å². The molecule has 2 aliphatic rings. The standard InChI is InChI=1S/C14H26N2S/c1-2-3-10-15-14(17)16-11-6-9-13(16)12-7-4-5-8-12/h12-13H,2-11H2,1H3,(H,15,17). The monoisotopic (exact) mass is 254 g/mol. The lowest BCUT2D eigenvalue weighted by molar-refractivity contribution is 0.278. The zero-order valence-corrected chi connectivity index (χ0v) is 11.9. The van der Waals surface area contributed by atoms with Gasteiger partial charge in [-0.3, -0.25) is 0 Å². The van der Waals surface area contributed by atoms with E-state index < -0.39 is 0 Å². The van der Waals surface area contributed by atoms with Crippen LogP contribution in [0.15, 0.2) is 0 Å². The summed E-state index contributed by atoms with van der Waals surface area (Å²) in [5, 5.41) is 4.46. The lowest BCUT2D eigenvalue weighted by Gasteiger charge is -2.31. The summed E-state index contributed by atoms with van der Waals surface area (Å²) in [6.07, 6.45) is 10.9. The number of likely N-dealkylation sites (tertiary alicyclic amines) is 1. The van der Waals surface area contributed by atoms with Crippen molar-refractivity contribution in [3.8, 4) is 0 Å². The van der Waals surface area contributed by atoms with Crippen molar-refractivity contribution in [2.24, 2.45) is 5.92 Å². The predicted octanol–water partition coefficient (Wildman–Crippen LogP) is 3.32. The Labute approximate surface area is 111 Å². The molecule has 1 heterocycles. The fourth-order valence-electron chi connectivity index (χ4n) is 3.35. The van der Waals surface area contributed by atoms with E-state index in [1.165, 1.54) is 57.9 Å². The van der Waals surface area contributed by atoms with Crippen molar-refractivity contribution in [1.82, 2.24) is 10.2 Å². The van der Waals surface area contributed by atoms with Crippen LogP contribution in [0.5, 0.6) is 0 Å². The molecule has 0 radical (unpaired) electrons. The topological polar surface area (TPSA) is 15.3 Å². The zero-order chi connectivity index (χ0) is 12.1. The Bertz CT molecular complexity index is 249.